The van der Waals surface area contributed by atoms with Crippen molar-refractivity contribution in [2.24, 2.45) is 0 Å². The highest BCUT2D eigenvalue weighted by Gasteiger charge is 2.23. The molecule has 6 nitrogen and oxygen atoms in total. The van der Waals surface area contributed by atoms with Gasteiger partial charge in [-0.2, -0.15) is 4.98 Å². The fraction of sp³-hybridized carbons (Fsp3) is 0.692. The summed E-state index contributed by atoms with van der Waals surface area (Å²) in [6, 6.07) is 0. The lowest BCUT2D eigenvalue weighted by Crippen LogP contribution is -2.06. The molecule has 0 saturated heterocycles. The molecule has 1 aliphatic rings. The Morgan fingerprint density at radius 3 is 2.79 bits per heavy atom. The van der Waals surface area contributed by atoms with Crippen LogP contribution in [-0.2, 0) is 6.54 Å². The molecule has 0 amide bonds. The van der Waals surface area contributed by atoms with Gasteiger partial charge >= 0.3 is 0 Å². The Balaban J connectivity index is 1.89. The molecule has 1 fully saturated rings. The Kier molecular flexibility index (Phi) is 3.31. The number of hydrogen-bond acceptors (Lipinski definition) is 5. The van der Waals surface area contributed by atoms with Crippen LogP contribution in [-0.4, -0.2) is 25.1 Å². The van der Waals surface area contributed by atoms with Crippen molar-refractivity contribution < 1.29 is 4.52 Å². The third kappa shape index (κ3) is 2.27. The van der Waals surface area contributed by atoms with Gasteiger partial charge < -0.3 is 4.52 Å². The number of aromatic nitrogens is 5. The van der Waals surface area contributed by atoms with E-state index in [0.29, 0.717) is 11.8 Å². The minimum absolute atomic E-state index is 0.456. The average molecular weight is 261 g/mol. The van der Waals surface area contributed by atoms with E-state index in [4.69, 9.17) is 4.52 Å². The third-order valence-corrected chi connectivity index (χ3v) is 3.82. The first-order chi connectivity index (χ1) is 9.29. The van der Waals surface area contributed by atoms with Crippen LogP contribution in [0.4, 0.5) is 0 Å². The first-order valence-corrected chi connectivity index (χ1v) is 7.03. The summed E-state index contributed by atoms with van der Waals surface area (Å²) in [6.07, 6.45) is 6.20. The molecule has 0 unspecified atom stereocenters. The second-order valence-electron chi connectivity index (χ2n) is 5.13. The van der Waals surface area contributed by atoms with E-state index in [1.165, 1.54) is 32.1 Å². The van der Waals surface area contributed by atoms with Crippen molar-refractivity contribution in [1.29, 1.82) is 0 Å². The standard InChI is InChI=1S/C13H19N5O/c1-3-18-11(9(2)15-17-18)13-14-12(16-19-13)10-7-5-4-6-8-10/h10H,3-8H2,1-2H3. The molecule has 2 aromatic rings. The average Bonchev–Trinajstić information content (AvgIpc) is 3.05. The highest BCUT2D eigenvalue weighted by Crippen LogP contribution is 2.32. The van der Waals surface area contributed by atoms with Gasteiger partial charge in [0, 0.05) is 12.5 Å². The molecule has 0 spiro atoms. The van der Waals surface area contributed by atoms with Crippen LogP contribution in [0.5, 0.6) is 0 Å². The van der Waals surface area contributed by atoms with E-state index >= 15 is 0 Å². The van der Waals surface area contributed by atoms with Crippen LogP contribution in [0.15, 0.2) is 4.52 Å². The van der Waals surface area contributed by atoms with Crippen molar-refractivity contribution in [3.63, 3.8) is 0 Å². The van der Waals surface area contributed by atoms with Crippen molar-refractivity contribution in [2.75, 3.05) is 0 Å². The third-order valence-electron chi connectivity index (χ3n) is 3.82. The summed E-state index contributed by atoms with van der Waals surface area (Å²) >= 11 is 0. The van der Waals surface area contributed by atoms with E-state index in [0.717, 1.165) is 23.8 Å². The summed E-state index contributed by atoms with van der Waals surface area (Å²) in [5, 5.41) is 12.3. The summed E-state index contributed by atoms with van der Waals surface area (Å²) in [6.45, 7) is 4.69. The van der Waals surface area contributed by atoms with Gasteiger partial charge in [-0.1, -0.05) is 29.6 Å². The number of hydrogen-bond donors (Lipinski definition) is 0. The van der Waals surface area contributed by atoms with E-state index in [-0.39, 0.29) is 0 Å². The van der Waals surface area contributed by atoms with Crippen molar-refractivity contribution in [2.45, 2.75) is 58.4 Å². The normalized spacial score (nSPS) is 16.9. The van der Waals surface area contributed by atoms with Gasteiger partial charge in [-0.3, -0.25) is 0 Å². The zero-order chi connectivity index (χ0) is 13.2. The van der Waals surface area contributed by atoms with E-state index < -0.39 is 0 Å². The molecule has 0 radical (unpaired) electrons. The first-order valence-electron chi connectivity index (χ1n) is 7.03. The molecular formula is C13H19N5O. The van der Waals surface area contributed by atoms with Gasteiger partial charge in [0.25, 0.3) is 5.89 Å². The van der Waals surface area contributed by atoms with Crippen LogP contribution in [0.1, 0.15) is 56.5 Å². The molecule has 6 heteroatoms. The quantitative estimate of drug-likeness (QED) is 0.849. The molecule has 102 valence electrons. The Morgan fingerprint density at radius 1 is 1.26 bits per heavy atom. The summed E-state index contributed by atoms with van der Waals surface area (Å²) in [5.41, 5.74) is 1.68. The lowest BCUT2D eigenvalue weighted by Gasteiger charge is -2.17. The summed E-state index contributed by atoms with van der Waals surface area (Å²) in [7, 11) is 0. The van der Waals surface area contributed by atoms with Crippen molar-refractivity contribution in [3.8, 4) is 11.6 Å². The molecule has 19 heavy (non-hydrogen) atoms. The Hall–Kier alpha value is -1.72. The molecule has 2 heterocycles. The Bertz CT molecular complexity index is 553. The van der Waals surface area contributed by atoms with E-state index in [2.05, 4.69) is 20.5 Å². The van der Waals surface area contributed by atoms with Crippen molar-refractivity contribution in [3.05, 3.63) is 11.5 Å². The maximum Gasteiger partial charge on any atom is 0.278 e. The van der Waals surface area contributed by atoms with Crippen LogP contribution < -0.4 is 0 Å². The first kappa shape index (κ1) is 12.3. The minimum Gasteiger partial charge on any atom is -0.332 e. The fourth-order valence-electron chi connectivity index (χ4n) is 2.74. The molecule has 3 rings (SSSR count). The van der Waals surface area contributed by atoms with Crippen LogP contribution in [0.25, 0.3) is 11.6 Å². The van der Waals surface area contributed by atoms with Gasteiger partial charge in [-0.05, 0) is 26.7 Å². The molecule has 0 bridgehead atoms. The molecule has 0 aromatic carbocycles. The monoisotopic (exact) mass is 261 g/mol. The maximum absolute atomic E-state index is 5.42. The smallest absolute Gasteiger partial charge is 0.278 e. The molecule has 2 aromatic heterocycles. The van der Waals surface area contributed by atoms with Crippen LogP contribution in [0, 0.1) is 6.92 Å². The second kappa shape index (κ2) is 5.11. The zero-order valence-corrected chi connectivity index (χ0v) is 11.5. The summed E-state index contributed by atoms with van der Waals surface area (Å²) < 4.78 is 7.22. The van der Waals surface area contributed by atoms with E-state index in [9.17, 15) is 0 Å². The topological polar surface area (TPSA) is 69.6 Å². The predicted molar refractivity (Wildman–Crippen MR) is 69.6 cm³/mol. The molecular weight excluding hydrogens is 242 g/mol. The Labute approximate surface area is 112 Å². The molecule has 1 aliphatic carbocycles. The van der Waals surface area contributed by atoms with Gasteiger partial charge in [0.05, 0.1) is 5.69 Å². The van der Waals surface area contributed by atoms with Crippen LogP contribution >= 0.6 is 0 Å². The summed E-state index contributed by atoms with van der Waals surface area (Å²) in [4.78, 5) is 4.57. The summed E-state index contributed by atoms with van der Waals surface area (Å²) in [5.74, 6) is 1.85. The molecule has 0 aliphatic heterocycles. The second-order valence-corrected chi connectivity index (χ2v) is 5.13. The highest BCUT2D eigenvalue weighted by atomic mass is 16.5. The highest BCUT2D eigenvalue weighted by molar-refractivity contribution is 5.49. The number of nitrogens with zero attached hydrogens (tertiary/aromatic N) is 5. The SMILES string of the molecule is CCn1nnc(C)c1-c1nc(C2CCCCC2)no1. The molecule has 0 atom stereocenters. The minimum atomic E-state index is 0.456. The molecule has 0 N–H and O–H groups in total. The van der Waals surface area contributed by atoms with Crippen LogP contribution in [0.3, 0.4) is 0 Å². The van der Waals surface area contributed by atoms with E-state index in [1.807, 2.05) is 13.8 Å². The number of aryl methyl sites for hydroxylation is 2. The fourth-order valence-corrected chi connectivity index (χ4v) is 2.74. The van der Waals surface area contributed by atoms with Gasteiger partial charge in [0.2, 0.25) is 0 Å². The van der Waals surface area contributed by atoms with Gasteiger partial charge in [0.1, 0.15) is 5.69 Å². The largest absolute Gasteiger partial charge is 0.332 e. The van der Waals surface area contributed by atoms with E-state index in [1.54, 1.807) is 4.68 Å². The predicted octanol–water partition coefficient (Wildman–Crippen LogP) is 2.70. The maximum atomic E-state index is 5.42. The Morgan fingerprint density at radius 2 is 2.05 bits per heavy atom. The van der Waals surface area contributed by atoms with Crippen LogP contribution in [0.2, 0.25) is 0 Å². The lowest BCUT2D eigenvalue weighted by atomic mass is 9.89. The molecule has 1 saturated carbocycles. The number of rotatable bonds is 3. The lowest BCUT2D eigenvalue weighted by molar-refractivity contribution is 0.383. The van der Waals surface area contributed by atoms with Gasteiger partial charge in [-0.25, -0.2) is 4.68 Å². The van der Waals surface area contributed by atoms with Crippen molar-refractivity contribution in [1.82, 2.24) is 25.1 Å². The van der Waals surface area contributed by atoms with Crippen molar-refractivity contribution >= 4 is 0 Å². The van der Waals surface area contributed by atoms with Gasteiger partial charge in [0.15, 0.2) is 5.82 Å². The zero-order valence-electron chi connectivity index (χ0n) is 11.5. The van der Waals surface area contributed by atoms with Gasteiger partial charge in [-0.15, -0.1) is 5.10 Å².